The van der Waals surface area contributed by atoms with Gasteiger partial charge in [-0.25, -0.2) is 9.79 Å². The van der Waals surface area contributed by atoms with Gasteiger partial charge in [-0.1, -0.05) is 24.3 Å². The summed E-state index contributed by atoms with van der Waals surface area (Å²) in [6.45, 7) is 7.50. The summed E-state index contributed by atoms with van der Waals surface area (Å²) in [6.07, 6.45) is 3.74. The maximum Gasteiger partial charge on any atom is 0.338 e. The molecule has 0 unspecified atom stereocenters. The van der Waals surface area contributed by atoms with Gasteiger partial charge in [0.1, 0.15) is 5.75 Å². The molecule has 220 valence electrons. The van der Waals surface area contributed by atoms with Gasteiger partial charge in [-0.15, -0.1) is 0 Å². The van der Waals surface area contributed by atoms with Gasteiger partial charge in [-0.3, -0.25) is 19.5 Å². The number of fused-ring (bicyclic) bond motifs is 1. The highest BCUT2D eigenvalue weighted by Crippen LogP contribution is 2.35. The highest BCUT2D eigenvalue weighted by Gasteiger charge is 2.34. The Morgan fingerprint density at radius 3 is 2.62 bits per heavy atom. The minimum absolute atomic E-state index is 0.0513. The Kier molecular flexibility index (Phi) is 8.65. The fraction of sp³-hybridized carbons (Fsp3) is 0.367. The molecule has 0 N–H and O–H groups in total. The van der Waals surface area contributed by atoms with Crippen molar-refractivity contribution >= 4 is 50.7 Å². The molecule has 0 radical (unpaired) electrons. The van der Waals surface area contributed by atoms with Crippen LogP contribution >= 0.6 is 27.3 Å². The number of nitrogens with zero attached hydrogens (tertiary/aromatic N) is 4. The van der Waals surface area contributed by atoms with Crippen LogP contribution in [-0.4, -0.2) is 42.3 Å². The number of allylic oxidation sites excluding steroid dienone is 1. The Hall–Kier alpha value is -3.77. The Morgan fingerprint density at radius 1 is 1.24 bits per heavy atom. The van der Waals surface area contributed by atoms with Crippen LogP contribution < -0.4 is 24.5 Å². The average molecular weight is 656 g/mol. The van der Waals surface area contributed by atoms with Gasteiger partial charge in [0.15, 0.2) is 4.80 Å². The maximum atomic E-state index is 14.1. The van der Waals surface area contributed by atoms with E-state index in [1.165, 1.54) is 28.0 Å². The molecule has 5 rings (SSSR count). The van der Waals surface area contributed by atoms with Gasteiger partial charge in [-0.2, -0.15) is 0 Å². The summed E-state index contributed by atoms with van der Waals surface area (Å²) in [7, 11) is 1.56. The topological polar surface area (TPSA) is 116 Å². The summed E-state index contributed by atoms with van der Waals surface area (Å²) in [5.41, 5.74) is 2.43. The zero-order valence-electron chi connectivity index (χ0n) is 23.8. The molecule has 3 heterocycles. The molecule has 0 spiro atoms. The van der Waals surface area contributed by atoms with Gasteiger partial charge >= 0.3 is 5.97 Å². The van der Waals surface area contributed by atoms with Gasteiger partial charge in [0.25, 0.3) is 11.2 Å². The van der Waals surface area contributed by atoms with Crippen molar-refractivity contribution in [2.75, 3.05) is 31.7 Å². The average Bonchev–Trinajstić information content (AvgIpc) is 3.26. The third-order valence-corrected chi connectivity index (χ3v) is 9.24. The standard InChI is InChI=1S/C30H31BrN4O6S/c1-5-41-29(37)26-18(3)32-30-34(27(26)19-6-9-24(40-4)22(31)15-19)28(36)25(42-30)16-20-14-21(35(38)39)7-8-23(20)33-12-10-17(2)11-13-33/h6-9,14-17,27H,5,10-13H2,1-4H3/b25-16+/t27-/m1/s1. The molecule has 0 amide bonds. The van der Waals surface area contributed by atoms with Crippen molar-refractivity contribution in [3.63, 3.8) is 0 Å². The number of aromatic nitrogens is 1. The van der Waals surface area contributed by atoms with Crippen molar-refractivity contribution in [3.8, 4) is 5.75 Å². The van der Waals surface area contributed by atoms with Crippen molar-refractivity contribution < 1.29 is 19.2 Å². The zero-order valence-corrected chi connectivity index (χ0v) is 26.2. The van der Waals surface area contributed by atoms with Crippen LogP contribution in [0.4, 0.5) is 11.4 Å². The van der Waals surface area contributed by atoms with E-state index in [2.05, 4.69) is 32.7 Å². The molecule has 2 aliphatic heterocycles. The Bertz CT molecular complexity index is 1770. The molecule has 0 saturated carbocycles. The molecule has 3 aromatic rings. The number of thiazole rings is 1. The minimum atomic E-state index is -0.794. The third-order valence-electron chi connectivity index (χ3n) is 7.64. The summed E-state index contributed by atoms with van der Waals surface area (Å²) >= 11 is 4.71. The largest absolute Gasteiger partial charge is 0.496 e. The molecule has 1 atom stereocenters. The van der Waals surface area contributed by atoms with Crippen LogP contribution in [0.25, 0.3) is 6.08 Å². The lowest BCUT2D eigenvalue weighted by Crippen LogP contribution is -2.40. The van der Waals surface area contributed by atoms with Gasteiger partial charge in [0.05, 0.1) is 45.0 Å². The smallest absolute Gasteiger partial charge is 0.338 e. The van der Waals surface area contributed by atoms with E-state index in [-0.39, 0.29) is 23.4 Å². The van der Waals surface area contributed by atoms with Crippen molar-refractivity contribution in [1.29, 1.82) is 0 Å². The number of halogens is 1. The summed E-state index contributed by atoms with van der Waals surface area (Å²) in [6, 6.07) is 9.37. The van der Waals surface area contributed by atoms with E-state index in [0.29, 0.717) is 42.3 Å². The van der Waals surface area contributed by atoms with Crippen LogP contribution in [0.1, 0.15) is 50.8 Å². The Balaban J connectivity index is 1.71. The first-order chi connectivity index (χ1) is 20.1. The molecular formula is C30H31BrN4O6S. The molecule has 0 bridgehead atoms. The second-order valence-corrected chi connectivity index (χ2v) is 12.2. The number of esters is 1. The molecule has 1 saturated heterocycles. The molecule has 10 nitrogen and oxygen atoms in total. The molecular weight excluding hydrogens is 624 g/mol. The fourth-order valence-corrected chi connectivity index (χ4v) is 7.01. The number of nitro benzene ring substituents is 1. The second-order valence-electron chi connectivity index (χ2n) is 10.4. The predicted molar refractivity (Wildman–Crippen MR) is 165 cm³/mol. The summed E-state index contributed by atoms with van der Waals surface area (Å²) in [5, 5.41) is 11.7. The summed E-state index contributed by atoms with van der Waals surface area (Å²) in [4.78, 5) is 45.8. The third kappa shape index (κ3) is 5.65. The molecule has 0 aliphatic carbocycles. The number of hydrogen-bond acceptors (Lipinski definition) is 9. The minimum Gasteiger partial charge on any atom is -0.496 e. The van der Waals surface area contributed by atoms with Gasteiger partial charge in [0, 0.05) is 36.5 Å². The number of anilines is 1. The number of methoxy groups -OCH3 is 1. The van der Waals surface area contributed by atoms with Crippen LogP contribution in [0.15, 0.2) is 61.9 Å². The first-order valence-electron chi connectivity index (χ1n) is 13.7. The number of benzene rings is 2. The van der Waals surface area contributed by atoms with Gasteiger partial charge < -0.3 is 14.4 Å². The maximum absolute atomic E-state index is 14.1. The van der Waals surface area contributed by atoms with E-state index in [1.54, 1.807) is 45.2 Å². The number of ether oxygens (including phenoxy) is 2. The van der Waals surface area contributed by atoms with Gasteiger partial charge in [-0.05, 0) is 78.4 Å². The van der Waals surface area contributed by atoms with Gasteiger partial charge in [0.2, 0.25) is 0 Å². The van der Waals surface area contributed by atoms with Crippen molar-refractivity contribution in [3.05, 3.63) is 93.1 Å². The number of non-ortho nitro benzene ring substituents is 1. The lowest BCUT2D eigenvalue weighted by atomic mass is 9.96. The normalized spacial score (nSPS) is 17.6. The predicted octanol–water partition coefficient (Wildman–Crippen LogP) is 4.71. The van der Waals surface area contributed by atoms with E-state index in [1.807, 2.05) is 6.07 Å². The fourth-order valence-electron chi connectivity index (χ4n) is 5.41. The van der Waals surface area contributed by atoms with Crippen LogP contribution in [0.5, 0.6) is 5.75 Å². The van der Waals surface area contributed by atoms with E-state index in [0.717, 1.165) is 31.6 Å². The SMILES string of the molecule is CCOC(=O)C1=C(C)N=c2s/c(=C/c3cc([N+](=O)[O-])ccc3N3CCC(C)CC3)c(=O)n2[C@@H]1c1ccc(OC)c(Br)c1. The molecule has 12 heteroatoms. The molecule has 42 heavy (non-hydrogen) atoms. The number of piperidine rings is 1. The Labute approximate surface area is 254 Å². The van der Waals surface area contributed by atoms with Crippen molar-refractivity contribution in [2.45, 2.75) is 39.7 Å². The molecule has 1 aromatic heterocycles. The van der Waals surface area contributed by atoms with E-state index in [4.69, 9.17) is 9.47 Å². The first-order valence-corrected chi connectivity index (χ1v) is 15.3. The second kappa shape index (κ2) is 12.2. The number of rotatable bonds is 7. The molecule has 1 fully saturated rings. The van der Waals surface area contributed by atoms with Crippen LogP contribution in [0, 0.1) is 16.0 Å². The lowest BCUT2D eigenvalue weighted by Gasteiger charge is -2.33. The van der Waals surface area contributed by atoms with Crippen molar-refractivity contribution in [2.24, 2.45) is 10.9 Å². The van der Waals surface area contributed by atoms with E-state index >= 15 is 0 Å². The quantitative estimate of drug-likeness (QED) is 0.206. The Morgan fingerprint density at radius 2 is 1.98 bits per heavy atom. The van der Waals surface area contributed by atoms with Crippen LogP contribution in [-0.2, 0) is 9.53 Å². The summed E-state index contributed by atoms with van der Waals surface area (Å²) < 4.78 is 13.3. The summed E-state index contributed by atoms with van der Waals surface area (Å²) in [5.74, 6) is 0.668. The highest BCUT2D eigenvalue weighted by atomic mass is 79.9. The number of carbonyl (C=O) groups is 1. The zero-order chi connectivity index (χ0) is 30.1. The van der Waals surface area contributed by atoms with Crippen LogP contribution in [0.2, 0.25) is 0 Å². The van der Waals surface area contributed by atoms with E-state index in [9.17, 15) is 19.7 Å². The first kappa shape index (κ1) is 29.7. The molecule has 2 aromatic carbocycles. The van der Waals surface area contributed by atoms with Crippen LogP contribution in [0.3, 0.4) is 0 Å². The molecule has 2 aliphatic rings. The number of nitro groups is 1. The van der Waals surface area contributed by atoms with Crippen molar-refractivity contribution in [1.82, 2.24) is 4.57 Å². The monoisotopic (exact) mass is 654 g/mol. The van der Waals surface area contributed by atoms with E-state index < -0.39 is 16.9 Å². The lowest BCUT2D eigenvalue weighted by molar-refractivity contribution is -0.384. The number of carbonyl (C=O) groups excluding carboxylic acids is 1. The number of hydrogen-bond donors (Lipinski definition) is 0. The highest BCUT2D eigenvalue weighted by molar-refractivity contribution is 9.10.